The molecule has 2 aromatic carbocycles. The van der Waals surface area contributed by atoms with Crippen molar-refractivity contribution >= 4 is 17.6 Å². The van der Waals surface area contributed by atoms with E-state index >= 15 is 0 Å². The lowest BCUT2D eigenvalue weighted by Gasteiger charge is -2.38. The molecule has 3 heterocycles. The van der Waals surface area contributed by atoms with Crippen molar-refractivity contribution in [2.24, 2.45) is 0 Å². The van der Waals surface area contributed by atoms with Gasteiger partial charge in [-0.2, -0.15) is 0 Å². The van der Waals surface area contributed by atoms with Gasteiger partial charge in [-0.05, 0) is 48.4 Å². The lowest BCUT2D eigenvalue weighted by atomic mass is 10.0. The highest BCUT2D eigenvalue weighted by Crippen LogP contribution is 2.42. The second kappa shape index (κ2) is 10.6. The highest BCUT2D eigenvalue weighted by Gasteiger charge is 2.38. The molecule has 4 aromatic rings. The normalized spacial score (nSPS) is 14.1. The maximum atomic E-state index is 14.0. The molecule has 3 amide bonds. The number of unbranched alkanes of at least 4 members (excludes halogenated alkanes) is 1. The second-order valence-electron chi connectivity index (χ2n) is 8.89. The van der Waals surface area contributed by atoms with E-state index in [1.54, 1.807) is 16.1 Å². The minimum atomic E-state index is -0.433. The minimum Gasteiger partial charge on any atom is -0.467 e. The van der Waals surface area contributed by atoms with Crippen LogP contribution in [0.5, 0.6) is 0 Å². The van der Waals surface area contributed by atoms with Gasteiger partial charge in [0.15, 0.2) is 0 Å². The first kappa shape index (κ1) is 23.5. The summed E-state index contributed by atoms with van der Waals surface area (Å²) >= 11 is 0. The second-order valence-corrected chi connectivity index (χ2v) is 8.89. The summed E-state index contributed by atoms with van der Waals surface area (Å²) in [6, 6.07) is 24.6. The number of para-hydroxylation sites is 2. The number of hydrogen-bond acceptors (Lipinski definition) is 3. The number of rotatable bonds is 8. The lowest BCUT2D eigenvalue weighted by molar-refractivity contribution is -0.119. The number of hydrogen-bond donors (Lipinski definition) is 1. The van der Waals surface area contributed by atoms with Gasteiger partial charge in [0.1, 0.15) is 18.3 Å². The molecule has 0 bridgehead atoms. The van der Waals surface area contributed by atoms with Crippen LogP contribution in [0.1, 0.15) is 42.8 Å². The third-order valence-electron chi connectivity index (χ3n) is 6.48. The number of nitrogens with one attached hydrogen (secondary N) is 1. The molecule has 0 saturated heterocycles. The van der Waals surface area contributed by atoms with E-state index in [-0.39, 0.29) is 18.5 Å². The van der Waals surface area contributed by atoms with Crippen LogP contribution in [0.15, 0.2) is 95.7 Å². The van der Waals surface area contributed by atoms with Gasteiger partial charge in [0.2, 0.25) is 5.91 Å². The topological polar surface area (TPSA) is 70.7 Å². The molecule has 1 atom stereocenters. The first-order valence-corrected chi connectivity index (χ1v) is 12.4. The van der Waals surface area contributed by atoms with Crippen molar-refractivity contribution in [3.8, 4) is 5.69 Å². The first-order valence-electron chi connectivity index (χ1n) is 12.4. The Morgan fingerprint density at radius 1 is 0.944 bits per heavy atom. The van der Waals surface area contributed by atoms with E-state index < -0.39 is 6.04 Å². The summed E-state index contributed by atoms with van der Waals surface area (Å²) in [4.78, 5) is 30.6. The van der Waals surface area contributed by atoms with E-state index in [4.69, 9.17) is 4.42 Å². The summed E-state index contributed by atoms with van der Waals surface area (Å²) < 4.78 is 7.89. The maximum absolute atomic E-state index is 14.0. The number of furan rings is 1. The number of amides is 3. The molecule has 0 radical (unpaired) electrons. The van der Waals surface area contributed by atoms with Crippen LogP contribution in [0, 0.1) is 0 Å². The van der Waals surface area contributed by atoms with Gasteiger partial charge in [-0.15, -0.1) is 0 Å². The Labute approximate surface area is 210 Å². The van der Waals surface area contributed by atoms with Crippen molar-refractivity contribution in [1.82, 2.24) is 14.8 Å². The van der Waals surface area contributed by atoms with E-state index in [0.717, 1.165) is 35.5 Å². The third-order valence-corrected chi connectivity index (χ3v) is 6.48. The fourth-order valence-corrected chi connectivity index (χ4v) is 4.70. The number of anilines is 1. The van der Waals surface area contributed by atoms with Gasteiger partial charge in [0.25, 0.3) is 0 Å². The van der Waals surface area contributed by atoms with Gasteiger partial charge in [-0.3, -0.25) is 9.69 Å². The standard InChI is InChI=1S/C29H30N4O3/c1-2-3-17-31(29(35)30-20-22-11-5-4-6-12-22)21-27(34)33-24-14-8-7-13-23(24)32-18-9-15-25(32)28(33)26-16-10-19-36-26/h4-16,18-19,28H,2-3,17,20-21H2,1H3,(H,30,35). The predicted molar refractivity (Wildman–Crippen MR) is 139 cm³/mol. The van der Waals surface area contributed by atoms with Crippen molar-refractivity contribution in [3.05, 3.63) is 108 Å². The Morgan fingerprint density at radius 3 is 2.47 bits per heavy atom. The summed E-state index contributed by atoms with van der Waals surface area (Å²) in [5, 5.41) is 2.98. The highest BCUT2D eigenvalue weighted by molar-refractivity contribution is 6.00. The van der Waals surface area contributed by atoms with Gasteiger partial charge in [-0.1, -0.05) is 55.8 Å². The molecular weight excluding hydrogens is 452 g/mol. The quantitative estimate of drug-likeness (QED) is 0.360. The lowest BCUT2D eigenvalue weighted by Crippen LogP contribution is -2.49. The Kier molecular flexibility index (Phi) is 6.89. The highest BCUT2D eigenvalue weighted by atomic mass is 16.3. The molecule has 1 aliphatic rings. The van der Waals surface area contributed by atoms with Crippen molar-refractivity contribution in [1.29, 1.82) is 0 Å². The molecule has 36 heavy (non-hydrogen) atoms. The van der Waals surface area contributed by atoms with Crippen molar-refractivity contribution in [2.45, 2.75) is 32.4 Å². The Balaban J connectivity index is 1.43. The first-order chi connectivity index (χ1) is 17.7. The van der Waals surface area contributed by atoms with Crippen LogP contribution in [-0.4, -0.2) is 34.5 Å². The van der Waals surface area contributed by atoms with Gasteiger partial charge < -0.3 is 19.2 Å². The summed E-state index contributed by atoms with van der Waals surface area (Å²) in [5.74, 6) is 0.508. The van der Waals surface area contributed by atoms with Gasteiger partial charge in [-0.25, -0.2) is 4.79 Å². The van der Waals surface area contributed by atoms with Crippen LogP contribution < -0.4 is 10.2 Å². The molecule has 0 aliphatic carbocycles. The third kappa shape index (κ3) is 4.64. The molecule has 7 heteroatoms. The summed E-state index contributed by atoms with van der Waals surface area (Å²) in [7, 11) is 0. The molecule has 1 aliphatic heterocycles. The number of fused-ring (bicyclic) bond motifs is 3. The fourth-order valence-electron chi connectivity index (χ4n) is 4.70. The van der Waals surface area contributed by atoms with Crippen LogP contribution in [0.4, 0.5) is 10.5 Å². The van der Waals surface area contributed by atoms with E-state index in [1.807, 2.05) is 85.1 Å². The van der Waals surface area contributed by atoms with Gasteiger partial charge in [0.05, 0.1) is 23.3 Å². The summed E-state index contributed by atoms with van der Waals surface area (Å²) in [6.45, 7) is 2.95. The molecule has 1 N–H and O–H groups in total. The van der Waals surface area contributed by atoms with Crippen LogP contribution in [0.2, 0.25) is 0 Å². The monoisotopic (exact) mass is 482 g/mol. The molecule has 1 unspecified atom stereocenters. The van der Waals surface area contributed by atoms with Crippen molar-refractivity contribution < 1.29 is 14.0 Å². The maximum Gasteiger partial charge on any atom is 0.318 e. The molecule has 2 aromatic heterocycles. The number of aromatic nitrogens is 1. The predicted octanol–water partition coefficient (Wildman–Crippen LogP) is 5.52. The molecule has 0 fully saturated rings. The Bertz CT molecular complexity index is 1310. The number of urea groups is 1. The minimum absolute atomic E-state index is 0.0348. The Morgan fingerprint density at radius 2 is 1.72 bits per heavy atom. The van der Waals surface area contributed by atoms with E-state index in [2.05, 4.69) is 16.8 Å². The SMILES string of the molecule is CCCCN(CC(=O)N1c2ccccc2-n2cccc2C1c1ccco1)C(=O)NCc1ccccc1. The number of benzene rings is 2. The summed E-state index contributed by atoms with van der Waals surface area (Å²) in [6.07, 6.45) is 5.35. The molecule has 5 rings (SSSR count). The van der Waals surface area contributed by atoms with Crippen LogP contribution >= 0.6 is 0 Å². The molecular formula is C29H30N4O3. The smallest absolute Gasteiger partial charge is 0.318 e. The zero-order chi connectivity index (χ0) is 24.9. The van der Waals surface area contributed by atoms with Crippen LogP contribution in [0.3, 0.4) is 0 Å². The number of nitrogens with zero attached hydrogens (tertiary/aromatic N) is 3. The number of carbonyl (C=O) groups is 2. The fraction of sp³-hybridized carbons (Fsp3) is 0.241. The molecule has 0 saturated carbocycles. The van der Waals surface area contributed by atoms with Gasteiger partial charge >= 0.3 is 6.03 Å². The van der Waals surface area contributed by atoms with E-state index in [0.29, 0.717) is 18.8 Å². The summed E-state index contributed by atoms with van der Waals surface area (Å²) in [5.41, 5.74) is 3.65. The zero-order valence-electron chi connectivity index (χ0n) is 20.3. The largest absolute Gasteiger partial charge is 0.467 e. The average molecular weight is 483 g/mol. The Hall–Kier alpha value is -4.26. The van der Waals surface area contributed by atoms with Crippen molar-refractivity contribution in [2.75, 3.05) is 18.0 Å². The number of carbonyl (C=O) groups excluding carboxylic acids is 2. The molecule has 7 nitrogen and oxygen atoms in total. The van der Waals surface area contributed by atoms with E-state index in [9.17, 15) is 9.59 Å². The van der Waals surface area contributed by atoms with Crippen LogP contribution in [-0.2, 0) is 11.3 Å². The van der Waals surface area contributed by atoms with E-state index in [1.165, 1.54) is 0 Å². The zero-order valence-corrected chi connectivity index (χ0v) is 20.3. The van der Waals surface area contributed by atoms with Crippen LogP contribution in [0.25, 0.3) is 5.69 Å². The molecule has 184 valence electrons. The van der Waals surface area contributed by atoms with Crippen molar-refractivity contribution in [3.63, 3.8) is 0 Å². The molecule has 0 spiro atoms. The van der Waals surface area contributed by atoms with Gasteiger partial charge in [0, 0.05) is 19.3 Å². The average Bonchev–Trinajstić information content (AvgIpc) is 3.62.